The summed E-state index contributed by atoms with van der Waals surface area (Å²) in [4.78, 5) is 0. The molecular weight excluding hydrogens is 204 g/mol. The zero-order valence-electron chi connectivity index (χ0n) is 8.10. The summed E-state index contributed by atoms with van der Waals surface area (Å²) in [7, 11) is 0. The Bertz CT molecular complexity index is 469. The Labute approximate surface area is 92.8 Å². The first-order valence-electron chi connectivity index (χ1n) is 4.64. The zero-order valence-corrected chi connectivity index (χ0v) is 8.92. The minimum atomic E-state index is 0.695. The van der Waals surface area contributed by atoms with Crippen LogP contribution in [0, 0.1) is 11.3 Å². The molecule has 0 unspecified atom stereocenters. The summed E-state index contributed by atoms with van der Waals surface area (Å²) in [6.07, 6.45) is 0. The number of benzene rings is 1. The van der Waals surface area contributed by atoms with Crippen LogP contribution in [0.3, 0.4) is 0 Å². The van der Waals surface area contributed by atoms with Gasteiger partial charge in [-0.25, -0.2) is 0 Å². The summed E-state index contributed by atoms with van der Waals surface area (Å²) in [5.41, 5.74) is 2.87. The van der Waals surface area contributed by atoms with E-state index in [0.29, 0.717) is 6.54 Å². The first kappa shape index (κ1) is 9.75. The van der Waals surface area contributed by atoms with Crippen molar-refractivity contribution in [3.05, 3.63) is 52.2 Å². The largest absolute Gasteiger partial charge is 0.380 e. The van der Waals surface area contributed by atoms with Crippen molar-refractivity contribution < 1.29 is 0 Å². The van der Waals surface area contributed by atoms with Gasteiger partial charge >= 0.3 is 0 Å². The van der Waals surface area contributed by atoms with Crippen LogP contribution in [-0.4, -0.2) is 0 Å². The molecule has 1 aromatic carbocycles. The molecule has 1 N–H and O–H groups in total. The smallest absolute Gasteiger partial charge is 0.0995 e. The summed E-state index contributed by atoms with van der Waals surface area (Å²) >= 11 is 1.66. The van der Waals surface area contributed by atoms with E-state index in [1.807, 2.05) is 35.7 Å². The van der Waals surface area contributed by atoms with Gasteiger partial charge in [0.05, 0.1) is 11.6 Å². The van der Waals surface area contributed by atoms with Crippen LogP contribution in [0.15, 0.2) is 41.1 Å². The molecule has 2 rings (SSSR count). The van der Waals surface area contributed by atoms with Gasteiger partial charge in [-0.05, 0) is 23.1 Å². The summed E-state index contributed by atoms with van der Waals surface area (Å²) in [5, 5.41) is 16.3. The molecule has 0 aliphatic rings. The van der Waals surface area contributed by atoms with Crippen molar-refractivity contribution in [1.29, 1.82) is 5.26 Å². The van der Waals surface area contributed by atoms with E-state index >= 15 is 0 Å². The SMILES string of the molecule is N#Cc1ccccc1CNc1ccsc1. The molecule has 0 bridgehead atoms. The van der Waals surface area contributed by atoms with Crippen LogP contribution in [0.1, 0.15) is 11.1 Å². The quantitative estimate of drug-likeness (QED) is 0.851. The van der Waals surface area contributed by atoms with Crippen molar-refractivity contribution in [2.45, 2.75) is 6.54 Å². The molecule has 0 aliphatic carbocycles. The minimum absolute atomic E-state index is 0.695. The Morgan fingerprint density at radius 1 is 1.27 bits per heavy atom. The fourth-order valence-corrected chi connectivity index (χ4v) is 1.96. The van der Waals surface area contributed by atoms with Crippen LogP contribution < -0.4 is 5.32 Å². The fourth-order valence-electron chi connectivity index (χ4n) is 1.35. The monoisotopic (exact) mass is 214 g/mol. The second-order valence-corrected chi connectivity index (χ2v) is 3.91. The maximum Gasteiger partial charge on any atom is 0.0995 e. The number of nitrogens with one attached hydrogen (secondary N) is 1. The van der Waals surface area contributed by atoms with Crippen LogP contribution in [0.25, 0.3) is 0 Å². The summed E-state index contributed by atoms with van der Waals surface area (Å²) < 4.78 is 0. The van der Waals surface area contributed by atoms with E-state index in [9.17, 15) is 0 Å². The van der Waals surface area contributed by atoms with Gasteiger partial charge in [0, 0.05) is 17.6 Å². The molecule has 0 aliphatic heterocycles. The summed E-state index contributed by atoms with van der Waals surface area (Å²) in [6, 6.07) is 11.9. The van der Waals surface area contributed by atoms with Gasteiger partial charge in [0.2, 0.25) is 0 Å². The van der Waals surface area contributed by atoms with Gasteiger partial charge in [0.15, 0.2) is 0 Å². The lowest BCUT2D eigenvalue weighted by molar-refractivity contribution is 1.14. The molecule has 1 heterocycles. The van der Waals surface area contributed by atoms with Gasteiger partial charge in [-0.2, -0.15) is 16.6 Å². The standard InChI is InChI=1S/C12H10N2S/c13-7-10-3-1-2-4-11(10)8-14-12-5-6-15-9-12/h1-6,9,14H,8H2. The average molecular weight is 214 g/mol. The number of rotatable bonds is 3. The Morgan fingerprint density at radius 3 is 2.87 bits per heavy atom. The number of thiophene rings is 1. The van der Waals surface area contributed by atoms with Crippen molar-refractivity contribution in [3.8, 4) is 6.07 Å². The lowest BCUT2D eigenvalue weighted by Gasteiger charge is -2.05. The lowest BCUT2D eigenvalue weighted by Crippen LogP contribution is -2.00. The van der Waals surface area contributed by atoms with E-state index in [1.165, 1.54) is 0 Å². The average Bonchev–Trinajstić information content (AvgIpc) is 2.79. The molecule has 2 nitrogen and oxygen atoms in total. The molecule has 15 heavy (non-hydrogen) atoms. The van der Waals surface area contributed by atoms with Crippen LogP contribution in [0.5, 0.6) is 0 Å². The number of anilines is 1. The number of nitriles is 1. The van der Waals surface area contributed by atoms with Crippen molar-refractivity contribution in [1.82, 2.24) is 0 Å². The lowest BCUT2D eigenvalue weighted by atomic mass is 10.1. The van der Waals surface area contributed by atoms with Crippen molar-refractivity contribution in [2.75, 3.05) is 5.32 Å². The van der Waals surface area contributed by atoms with Gasteiger partial charge in [0.1, 0.15) is 0 Å². The Hall–Kier alpha value is -1.79. The van der Waals surface area contributed by atoms with Gasteiger partial charge in [-0.15, -0.1) is 0 Å². The third-order valence-corrected chi connectivity index (χ3v) is 2.83. The maximum atomic E-state index is 8.90. The van der Waals surface area contributed by atoms with E-state index in [1.54, 1.807) is 11.3 Å². The summed E-state index contributed by atoms with van der Waals surface area (Å²) in [5.74, 6) is 0. The third kappa shape index (κ3) is 2.36. The van der Waals surface area contributed by atoms with Gasteiger partial charge in [0.25, 0.3) is 0 Å². The molecule has 0 saturated carbocycles. The van der Waals surface area contributed by atoms with Crippen molar-refractivity contribution >= 4 is 17.0 Å². The predicted molar refractivity (Wildman–Crippen MR) is 62.8 cm³/mol. The van der Waals surface area contributed by atoms with Crippen LogP contribution in [0.2, 0.25) is 0 Å². The molecule has 0 spiro atoms. The fraction of sp³-hybridized carbons (Fsp3) is 0.0833. The number of nitrogens with zero attached hydrogens (tertiary/aromatic N) is 1. The third-order valence-electron chi connectivity index (χ3n) is 2.14. The first-order valence-corrected chi connectivity index (χ1v) is 5.58. The maximum absolute atomic E-state index is 8.90. The highest BCUT2D eigenvalue weighted by molar-refractivity contribution is 7.08. The predicted octanol–water partition coefficient (Wildman–Crippen LogP) is 3.23. The Balaban J connectivity index is 2.08. The van der Waals surface area contributed by atoms with Crippen LogP contribution in [-0.2, 0) is 6.54 Å². The zero-order chi connectivity index (χ0) is 10.5. The van der Waals surface area contributed by atoms with E-state index in [2.05, 4.69) is 16.8 Å². The normalized spacial score (nSPS) is 9.53. The van der Waals surface area contributed by atoms with E-state index in [-0.39, 0.29) is 0 Å². The Kier molecular flexibility index (Phi) is 3.01. The Morgan fingerprint density at radius 2 is 2.13 bits per heavy atom. The molecule has 0 fully saturated rings. The van der Waals surface area contributed by atoms with Gasteiger partial charge < -0.3 is 5.32 Å². The molecule has 0 radical (unpaired) electrons. The summed E-state index contributed by atoms with van der Waals surface area (Å²) in [6.45, 7) is 0.695. The number of hydrogen-bond donors (Lipinski definition) is 1. The topological polar surface area (TPSA) is 35.8 Å². The van der Waals surface area contributed by atoms with E-state index in [4.69, 9.17) is 5.26 Å². The second kappa shape index (κ2) is 4.63. The number of hydrogen-bond acceptors (Lipinski definition) is 3. The molecular formula is C12H10N2S. The van der Waals surface area contributed by atoms with Gasteiger partial charge in [-0.1, -0.05) is 18.2 Å². The van der Waals surface area contributed by atoms with Crippen molar-refractivity contribution in [2.24, 2.45) is 0 Å². The molecule has 0 atom stereocenters. The van der Waals surface area contributed by atoms with Crippen LogP contribution in [0.4, 0.5) is 5.69 Å². The molecule has 2 aromatic rings. The van der Waals surface area contributed by atoms with Gasteiger partial charge in [-0.3, -0.25) is 0 Å². The minimum Gasteiger partial charge on any atom is -0.380 e. The first-order chi connectivity index (χ1) is 7.40. The molecule has 1 aromatic heterocycles. The molecule has 74 valence electrons. The van der Waals surface area contributed by atoms with E-state index in [0.717, 1.165) is 16.8 Å². The second-order valence-electron chi connectivity index (χ2n) is 3.13. The highest BCUT2D eigenvalue weighted by Gasteiger charge is 1.99. The molecule has 0 saturated heterocycles. The molecule has 3 heteroatoms. The molecule has 0 amide bonds. The van der Waals surface area contributed by atoms with Crippen LogP contribution >= 0.6 is 11.3 Å². The van der Waals surface area contributed by atoms with Crippen molar-refractivity contribution in [3.63, 3.8) is 0 Å². The highest BCUT2D eigenvalue weighted by Crippen LogP contribution is 2.14. The highest BCUT2D eigenvalue weighted by atomic mass is 32.1. The van der Waals surface area contributed by atoms with E-state index < -0.39 is 0 Å².